The predicted molar refractivity (Wildman–Crippen MR) is 149 cm³/mol. The van der Waals surface area contributed by atoms with E-state index in [9.17, 15) is 14.4 Å². The summed E-state index contributed by atoms with van der Waals surface area (Å²) in [6.07, 6.45) is 0. The quantitative estimate of drug-likeness (QED) is 0.403. The van der Waals surface area contributed by atoms with E-state index in [1.165, 1.54) is 4.68 Å². The van der Waals surface area contributed by atoms with E-state index in [-0.39, 0.29) is 12.2 Å². The second-order valence-electron chi connectivity index (χ2n) is 9.90. The van der Waals surface area contributed by atoms with Crippen molar-refractivity contribution in [3.63, 3.8) is 0 Å². The van der Waals surface area contributed by atoms with Crippen molar-refractivity contribution in [2.75, 3.05) is 26.3 Å². The fourth-order valence-corrected chi connectivity index (χ4v) is 4.50. The summed E-state index contributed by atoms with van der Waals surface area (Å²) in [5, 5.41) is 10.6. The smallest absolute Gasteiger partial charge is 0.313 e. The van der Waals surface area contributed by atoms with Gasteiger partial charge in [-0.2, -0.15) is 5.10 Å². The van der Waals surface area contributed by atoms with Crippen molar-refractivity contribution in [3.05, 3.63) is 74.0 Å². The van der Waals surface area contributed by atoms with Crippen LogP contribution >= 0.6 is 11.6 Å². The monoisotopic (exact) mass is 550 g/mol. The molecule has 11 heteroatoms. The lowest BCUT2D eigenvalue weighted by Gasteiger charge is -2.26. The summed E-state index contributed by atoms with van der Waals surface area (Å²) in [6.45, 7) is 7.06. The Bertz CT molecular complexity index is 1520. The molecule has 0 radical (unpaired) electrons. The molecule has 3 amide bonds. The molecule has 1 aliphatic rings. The minimum Gasteiger partial charge on any atom is -0.379 e. The molecule has 204 valence electrons. The normalized spacial score (nSPS) is 13.9. The van der Waals surface area contributed by atoms with Crippen molar-refractivity contribution in [1.82, 2.24) is 25.3 Å². The summed E-state index contributed by atoms with van der Waals surface area (Å²) in [6, 6.07) is 10.1. The maximum atomic E-state index is 13.6. The van der Waals surface area contributed by atoms with E-state index in [4.69, 9.17) is 22.1 Å². The first-order valence-electron chi connectivity index (χ1n) is 12.5. The van der Waals surface area contributed by atoms with Crippen LogP contribution in [0.3, 0.4) is 0 Å². The van der Waals surface area contributed by atoms with Crippen molar-refractivity contribution in [3.8, 4) is 11.8 Å². The van der Waals surface area contributed by atoms with Crippen molar-refractivity contribution in [1.29, 1.82) is 0 Å². The lowest BCUT2D eigenvalue weighted by atomic mass is 10.0. The molecule has 0 atom stereocenters. The molecule has 4 N–H and O–H groups in total. The molecular weight excluding hydrogens is 520 g/mol. The number of carbonyl (C=O) groups is 2. The van der Waals surface area contributed by atoms with Gasteiger partial charge in [0.2, 0.25) is 5.43 Å². The number of benzene rings is 2. The number of nitrogens with two attached hydrogens (primary N) is 1. The molecule has 10 nitrogen and oxygen atoms in total. The molecule has 0 spiro atoms. The highest BCUT2D eigenvalue weighted by Crippen LogP contribution is 2.20. The molecule has 1 aliphatic heterocycles. The number of carbonyl (C=O) groups excluding carboxylic acids is 2. The largest absolute Gasteiger partial charge is 0.379 e. The number of halogens is 1. The number of morpholine rings is 1. The Kier molecular flexibility index (Phi) is 8.55. The minimum atomic E-state index is -0.911. The predicted octanol–water partition coefficient (Wildman–Crippen LogP) is 2.15. The highest BCUT2D eigenvalue weighted by Gasteiger charge is 2.21. The molecule has 4 rings (SSSR count). The van der Waals surface area contributed by atoms with Gasteiger partial charge in [0.25, 0.3) is 5.91 Å². The molecule has 1 fully saturated rings. The molecule has 1 aromatic heterocycles. The summed E-state index contributed by atoms with van der Waals surface area (Å²) < 4.78 is 6.95. The van der Waals surface area contributed by atoms with Gasteiger partial charge in [-0.1, -0.05) is 35.6 Å². The molecule has 2 heterocycles. The lowest BCUT2D eigenvalue weighted by molar-refractivity contribution is 0.0342. The van der Waals surface area contributed by atoms with Gasteiger partial charge in [0.1, 0.15) is 0 Å². The van der Waals surface area contributed by atoms with E-state index < -0.39 is 22.9 Å². The minimum absolute atomic E-state index is 0.211. The van der Waals surface area contributed by atoms with Crippen molar-refractivity contribution in [2.45, 2.75) is 32.5 Å². The molecule has 39 heavy (non-hydrogen) atoms. The summed E-state index contributed by atoms with van der Waals surface area (Å²) in [5.74, 6) is 5.55. The van der Waals surface area contributed by atoms with E-state index in [1.54, 1.807) is 51.2 Å². The van der Waals surface area contributed by atoms with Crippen LogP contribution in [-0.4, -0.2) is 58.5 Å². The molecule has 1 saturated heterocycles. The zero-order valence-corrected chi connectivity index (χ0v) is 22.9. The number of primary amides is 1. The third kappa shape index (κ3) is 7.15. The Balaban J connectivity index is 1.75. The maximum Gasteiger partial charge on any atom is 0.313 e. The first-order chi connectivity index (χ1) is 18.5. The molecule has 3 aromatic rings. The van der Waals surface area contributed by atoms with Gasteiger partial charge in [0.15, 0.2) is 5.69 Å². The van der Waals surface area contributed by atoms with Gasteiger partial charge in [-0.25, -0.2) is 4.79 Å². The summed E-state index contributed by atoms with van der Waals surface area (Å²) in [5.41, 5.74) is 6.42. The van der Waals surface area contributed by atoms with Crippen LogP contribution in [0.1, 0.15) is 41.0 Å². The van der Waals surface area contributed by atoms with Gasteiger partial charge in [-0.3, -0.25) is 19.2 Å². The number of ether oxygens (including phenoxy) is 1. The van der Waals surface area contributed by atoms with E-state index >= 15 is 0 Å². The van der Waals surface area contributed by atoms with E-state index in [0.29, 0.717) is 41.2 Å². The lowest BCUT2D eigenvalue weighted by Crippen LogP contribution is -2.45. The Labute approximate surface area is 231 Å². The highest BCUT2D eigenvalue weighted by atomic mass is 35.5. The standard InChI is InChI=1S/C28H31ClN6O4/c1-28(2,32-27(30)38)9-8-20-14-19(17-35-10-12-39-13-11-35)15-22-24(20)34(3)33-23(25(22)36)26(37)31-16-18-4-6-21(29)7-5-18/h4-7,14-15H,10-13,16-17H2,1-3H3,(H,31,37)(H3,30,32,38). The molecular formula is C28H31ClN6O4. The van der Waals surface area contributed by atoms with Crippen LogP contribution in [0, 0.1) is 11.8 Å². The number of hydrogen-bond donors (Lipinski definition) is 3. The fourth-order valence-electron chi connectivity index (χ4n) is 4.37. The van der Waals surface area contributed by atoms with Gasteiger partial charge < -0.3 is 21.1 Å². The topological polar surface area (TPSA) is 132 Å². The SMILES string of the molecule is Cn1nc(C(=O)NCc2ccc(Cl)cc2)c(=O)c2cc(CN3CCOCC3)cc(C#CC(C)(C)NC(N)=O)c21. The van der Waals surface area contributed by atoms with Gasteiger partial charge in [-0.05, 0) is 49.2 Å². The third-order valence-corrected chi connectivity index (χ3v) is 6.49. The van der Waals surface area contributed by atoms with Gasteiger partial charge in [0.05, 0.1) is 35.2 Å². The highest BCUT2D eigenvalue weighted by molar-refractivity contribution is 6.30. The van der Waals surface area contributed by atoms with Crippen LogP contribution in [0.25, 0.3) is 10.9 Å². The van der Waals surface area contributed by atoms with E-state index in [0.717, 1.165) is 24.2 Å². The fraction of sp³-hybridized carbons (Fsp3) is 0.357. The summed E-state index contributed by atoms with van der Waals surface area (Å²) in [7, 11) is 1.66. The van der Waals surface area contributed by atoms with Crippen molar-refractivity contribution < 1.29 is 14.3 Å². The third-order valence-electron chi connectivity index (χ3n) is 6.24. The molecule has 0 saturated carbocycles. The summed E-state index contributed by atoms with van der Waals surface area (Å²) >= 11 is 5.94. The number of nitrogens with zero attached hydrogens (tertiary/aromatic N) is 3. The van der Waals surface area contributed by atoms with Gasteiger partial charge in [-0.15, -0.1) is 0 Å². The van der Waals surface area contributed by atoms with E-state index in [1.807, 2.05) is 6.07 Å². The second kappa shape index (κ2) is 11.9. The first-order valence-corrected chi connectivity index (χ1v) is 12.9. The Morgan fingerprint density at radius 3 is 2.51 bits per heavy atom. The van der Waals surface area contributed by atoms with Crippen LogP contribution in [0.2, 0.25) is 5.02 Å². The molecule has 2 aromatic carbocycles. The number of nitrogens with one attached hydrogen (secondary N) is 2. The number of urea groups is 1. The van der Waals surface area contributed by atoms with Crippen molar-refractivity contribution >= 4 is 34.4 Å². The van der Waals surface area contributed by atoms with Crippen LogP contribution in [0.15, 0.2) is 41.2 Å². The average molecular weight is 551 g/mol. The Hall–Kier alpha value is -3.91. The van der Waals surface area contributed by atoms with Crippen LogP contribution in [-0.2, 0) is 24.9 Å². The number of rotatable bonds is 6. The second-order valence-corrected chi connectivity index (χ2v) is 10.3. The zero-order chi connectivity index (χ0) is 28.2. The number of hydrogen-bond acceptors (Lipinski definition) is 6. The molecule has 0 unspecified atom stereocenters. The van der Waals surface area contributed by atoms with E-state index in [2.05, 4.69) is 32.5 Å². The number of fused-ring (bicyclic) bond motifs is 1. The average Bonchev–Trinajstić information content (AvgIpc) is 2.88. The molecule has 0 bridgehead atoms. The number of aromatic nitrogens is 2. The number of aryl methyl sites for hydroxylation is 1. The van der Waals surface area contributed by atoms with Gasteiger partial charge >= 0.3 is 6.03 Å². The van der Waals surface area contributed by atoms with Crippen LogP contribution < -0.4 is 21.8 Å². The Morgan fingerprint density at radius 1 is 1.15 bits per heavy atom. The van der Waals surface area contributed by atoms with Crippen molar-refractivity contribution in [2.24, 2.45) is 12.8 Å². The maximum absolute atomic E-state index is 13.6. The number of amides is 3. The summed E-state index contributed by atoms with van der Waals surface area (Å²) in [4.78, 5) is 40.3. The Morgan fingerprint density at radius 2 is 1.85 bits per heavy atom. The van der Waals surface area contributed by atoms with Gasteiger partial charge in [0, 0.05) is 38.2 Å². The van der Waals surface area contributed by atoms with Crippen LogP contribution in [0.4, 0.5) is 4.79 Å². The molecule has 0 aliphatic carbocycles. The first kappa shape index (κ1) is 28.1. The zero-order valence-electron chi connectivity index (χ0n) is 22.1. The van der Waals surface area contributed by atoms with Crippen LogP contribution in [0.5, 0.6) is 0 Å².